The van der Waals surface area contributed by atoms with Crippen molar-refractivity contribution >= 4 is 12.3 Å². The summed E-state index contributed by atoms with van der Waals surface area (Å²) in [5.74, 6) is -0.472. The van der Waals surface area contributed by atoms with E-state index in [1.807, 2.05) is 0 Å². The smallest absolute Gasteiger partial charge is 0.337 e. The van der Waals surface area contributed by atoms with Crippen LogP contribution in [0.4, 0.5) is 0 Å². The van der Waals surface area contributed by atoms with Gasteiger partial charge in [0.1, 0.15) is 5.69 Å². The minimum Gasteiger partial charge on any atom is -0.465 e. The van der Waals surface area contributed by atoms with Gasteiger partial charge in [0, 0.05) is 6.20 Å². The highest BCUT2D eigenvalue weighted by Gasteiger charge is 2.04. The second-order valence-electron chi connectivity index (χ2n) is 2.08. The molecule has 0 spiro atoms. The molecule has 0 aliphatic carbocycles. The third kappa shape index (κ3) is 1.66. The Morgan fingerprint density at radius 1 is 1.67 bits per heavy atom. The first-order valence-corrected chi connectivity index (χ1v) is 3.27. The zero-order chi connectivity index (χ0) is 8.97. The Bertz CT molecular complexity index is 309. The zero-order valence-electron chi connectivity index (χ0n) is 6.48. The molecule has 1 heterocycles. The summed E-state index contributed by atoms with van der Waals surface area (Å²) >= 11 is 0. The Kier molecular flexibility index (Phi) is 2.53. The van der Waals surface area contributed by atoms with Crippen LogP contribution in [0.2, 0.25) is 0 Å². The van der Waals surface area contributed by atoms with Gasteiger partial charge in [0.05, 0.1) is 12.7 Å². The normalized spacial score (nSPS) is 9.08. The van der Waals surface area contributed by atoms with Crippen molar-refractivity contribution in [3.05, 3.63) is 29.6 Å². The van der Waals surface area contributed by atoms with Crippen LogP contribution in [0.15, 0.2) is 18.3 Å². The number of esters is 1. The van der Waals surface area contributed by atoms with Crippen LogP contribution in [0.1, 0.15) is 20.8 Å². The molecule has 0 bridgehead atoms. The number of carbonyl (C=O) groups is 2. The van der Waals surface area contributed by atoms with E-state index < -0.39 is 5.97 Å². The third-order valence-corrected chi connectivity index (χ3v) is 1.32. The van der Waals surface area contributed by atoms with Crippen LogP contribution in [0.3, 0.4) is 0 Å². The summed E-state index contributed by atoms with van der Waals surface area (Å²) in [7, 11) is 1.28. The van der Waals surface area contributed by atoms with E-state index in [2.05, 4.69) is 9.72 Å². The number of hydrogen-bond acceptors (Lipinski definition) is 4. The molecule has 0 N–H and O–H groups in total. The van der Waals surface area contributed by atoms with E-state index in [0.29, 0.717) is 11.8 Å². The largest absolute Gasteiger partial charge is 0.465 e. The monoisotopic (exact) mass is 165 g/mol. The first-order chi connectivity index (χ1) is 5.77. The number of hydrogen-bond donors (Lipinski definition) is 0. The molecule has 0 atom stereocenters. The second-order valence-corrected chi connectivity index (χ2v) is 2.08. The van der Waals surface area contributed by atoms with Gasteiger partial charge in [-0.1, -0.05) is 0 Å². The number of carbonyl (C=O) groups excluding carboxylic acids is 2. The van der Waals surface area contributed by atoms with Crippen molar-refractivity contribution in [3.8, 4) is 0 Å². The second kappa shape index (κ2) is 3.61. The molecule has 62 valence electrons. The van der Waals surface area contributed by atoms with Crippen LogP contribution < -0.4 is 0 Å². The van der Waals surface area contributed by atoms with Gasteiger partial charge < -0.3 is 4.74 Å². The fourth-order valence-electron chi connectivity index (χ4n) is 0.758. The maximum atomic E-state index is 10.9. The van der Waals surface area contributed by atoms with E-state index in [1.54, 1.807) is 0 Å². The fraction of sp³-hybridized carbons (Fsp3) is 0.125. The quantitative estimate of drug-likeness (QED) is 0.477. The predicted octanol–water partition coefficient (Wildman–Crippen LogP) is 0.681. The average molecular weight is 165 g/mol. The molecule has 1 rings (SSSR count). The van der Waals surface area contributed by atoms with E-state index in [1.165, 1.54) is 25.4 Å². The van der Waals surface area contributed by atoms with Crippen molar-refractivity contribution in [1.29, 1.82) is 0 Å². The first-order valence-electron chi connectivity index (χ1n) is 3.27. The van der Waals surface area contributed by atoms with E-state index in [-0.39, 0.29) is 5.69 Å². The Hall–Kier alpha value is -1.71. The van der Waals surface area contributed by atoms with Crippen LogP contribution in [0.25, 0.3) is 0 Å². The Balaban J connectivity index is 3.01. The van der Waals surface area contributed by atoms with E-state index in [9.17, 15) is 9.59 Å². The summed E-state index contributed by atoms with van der Waals surface area (Å²) in [5, 5.41) is 0. The maximum absolute atomic E-state index is 10.9. The lowest BCUT2D eigenvalue weighted by Gasteiger charge is -1.97. The summed E-state index contributed by atoms with van der Waals surface area (Å²) in [5.41, 5.74) is 0.549. The molecular weight excluding hydrogens is 158 g/mol. The van der Waals surface area contributed by atoms with E-state index >= 15 is 0 Å². The molecule has 12 heavy (non-hydrogen) atoms. The van der Waals surface area contributed by atoms with Gasteiger partial charge in [0.15, 0.2) is 6.29 Å². The van der Waals surface area contributed by atoms with Gasteiger partial charge in [-0.25, -0.2) is 4.79 Å². The lowest BCUT2D eigenvalue weighted by atomic mass is 10.2. The Labute approximate surface area is 69.2 Å². The molecule has 4 nitrogen and oxygen atoms in total. The standard InChI is InChI=1S/C8H7NO3/c1-12-8(11)6-2-3-9-7(4-6)5-10/h2-5H,1H3. The Morgan fingerprint density at radius 3 is 3.00 bits per heavy atom. The summed E-state index contributed by atoms with van der Waals surface area (Å²) in [4.78, 5) is 24.9. The SMILES string of the molecule is COC(=O)c1ccnc(C=O)c1. The van der Waals surface area contributed by atoms with Gasteiger partial charge >= 0.3 is 5.97 Å². The molecule has 4 heteroatoms. The van der Waals surface area contributed by atoms with E-state index in [0.717, 1.165) is 0 Å². The molecule has 0 aliphatic heterocycles. The molecule has 0 aliphatic rings. The van der Waals surface area contributed by atoms with Crippen molar-refractivity contribution in [1.82, 2.24) is 4.98 Å². The van der Waals surface area contributed by atoms with Gasteiger partial charge in [0.25, 0.3) is 0 Å². The number of rotatable bonds is 2. The van der Waals surface area contributed by atoms with Crippen molar-refractivity contribution in [2.75, 3.05) is 7.11 Å². The van der Waals surface area contributed by atoms with Gasteiger partial charge in [-0.3, -0.25) is 9.78 Å². The van der Waals surface area contributed by atoms with Crippen molar-refractivity contribution in [2.45, 2.75) is 0 Å². The molecule has 0 fully saturated rings. The van der Waals surface area contributed by atoms with Gasteiger partial charge in [-0.05, 0) is 12.1 Å². The Morgan fingerprint density at radius 2 is 2.42 bits per heavy atom. The first kappa shape index (κ1) is 8.39. The lowest BCUT2D eigenvalue weighted by molar-refractivity contribution is 0.0600. The average Bonchev–Trinajstić information content (AvgIpc) is 2.17. The lowest BCUT2D eigenvalue weighted by Crippen LogP contribution is -2.02. The number of nitrogens with zero attached hydrogens (tertiary/aromatic N) is 1. The molecule has 1 aromatic rings. The topological polar surface area (TPSA) is 56.3 Å². The number of methoxy groups -OCH3 is 1. The number of aldehydes is 1. The summed E-state index contributed by atoms with van der Waals surface area (Å²) < 4.78 is 4.45. The molecule has 0 saturated carbocycles. The van der Waals surface area contributed by atoms with Gasteiger partial charge in [-0.15, -0.1) is 0 Å². The molecule has 0 saturated heterocycles. The van der Waals surface area contributed by atoms with Crippen LogP contribution in [0, 0.1) is 0 Å². The summed E-state index contributed by atoms with van der Waals surface area (Å²) in [6.45, 7) is 0. The molecule has 0 radical (unpaired) electrons. The highest BCUT2D eigenvalue weighted by Crippen LogP contribution is 2.01. The maximum Gasteiger partial charge on any atom is 0.337 e. The summed E-state index contributed by atoms with van der Waals surface area (Å²) in [6.07, 6.45) is 1.96. The number of ether oxygens (including phenoxy) is 1. The van der Waals surface area contributed by atoms with E-state index in [4.69, 9.17) is 0 Å². The molecular formula is C8H7NO3. The van der Waals surface area contributed by atoms with Crippen LogP contribution in [-0.2, 0) is 4.74 Å². The number of pyridine rings is 1. The van der Waals surface area contributed by atoms with Crippen molar-refractivity contribution in [3.63, 3.8) is 0 Å². The van der Waals surface area contributed by atoms with Crippen LogP contribution >= 0.6 is 0 Å². The highest BCUT2D eigenvalue weighted by molar-refractivity contribution is 5.90. The van der Waals surface area contributed by atoms with Crippen LogP contribution in [0.5, 0.6) is 0 Å². The van der Waals surface area contributed by atoms with Gasteiger partial charge in [-0.2, -0.15) is 0 Å². The minimum absolute atomic E-state index is 0.220. The van der Waals surface area contributed by atoms with Crippen molar-refractivity contribution in [2.24, 2.45) is 0 Å². The zero-order valence-corrected chi connectivity index (χ0v) is 6.48. The molecule has 0 unspecified atom stereocenters. The van der Waals surface area contributed by atoms with Crippen molar-refractivity contribution < 1.29 is 14.3 Å². The molecule has 0 aromatic carbocycles. The third-order valence-electron chi connectivity index (χ3n) is 1.32. The summed E-state index contributed by atoms with van der Waals surface area (Å²) in [6, 6.07) is 2.86. The predicted molar refractivity (Wildman–Crippen MR) is 41.0 cm³/mol. The van der Waals surface area contributed by atoms with Gasteiger partial charge in [0.2, 0.25) is 0 Å². The van der Waals surface area contributed by atoms with Crippen LogP contribution in [-0.4, -0.2) is 24.3 Å². The molecule has 0 amide bonds. The highest BCUT2D eigenvalue weighted by atomic mass is 16.5. The minimum atomic E-state index is -0.472. The number of aromatic nitrogens is 1. The molecule has 1 aromatic heterocycles. The fourth-order valence-corrected chi connectivity index (χ4v) is 0.758.